The van der Waals surface area contributed by atoms with Crippen molar-refractivity contribution in [2.24, 2.45) is 0 Å². The molecular formula is C17H24N2O6S. The van der Waals surface area contributed by atoms with E-state index in [4.69, 9.17) is 9.84 Å². The van der Waals surface area contributed by atoms with Gasteiger partial charge in [0, 0.05) is 11.6 Å². The van der Waals surface area contributed by atoms with Crippen molar-refractivity contribution in [2.75, 3.05) is 13.2 Å². The Labute approximate surface area is 153 Å². The first-order chi connectivity index (χ1) is 12.2. The number of ether oxygens (including phenoxy) is 1. The molecule has 0 radical (unpaired) electrons. The molecular weight excluding hydrogens is 360 g/mol. The summed E-state index contributed by atoms with van der Waals surface area (Å²) >= 11 is 0. The highest BCUT2D eigenvalue weighted by atomic mass is 32.2. The highest BCUT2D eigenvalue weighted by Crippen LogP contribution is 2.12. The van der Waals surface area contributed by atoms with Gasteiger partial charge in [-0.15, -0.1) is 6.58 Å². The summed E-state index contributed by atoms with van der Waals surface area (Å²) in [4.78, 5) is 23.4. The lowest BCUT2D eigenvalue weighted by molar-refractivity contribution is -0.140. The SMILES string of the molecule is C=CCOCC(NC(=O)c1ccc(S(=O)(=O)NC(C)CC)cc1)C(=O)O. The van der Waals surface area contributed by atoms with Gasteiger partial charge < -0.3 is 15.2 Å². The normalized spacial score (nSPS) is 13.6. The van der Waals surface area contributed by atoms with Gasteiger partial charge in [-0.3, -0.25) is 4.79 Å². The van der Waals surface area contributed by atoms with E-state index in [1.165, 1.54) is 30.3 Å². The Bertz CT molecular complexity index is 730. The molecule has 0 heterocycles. The van der Waals surface area contributed by atoms with Crippen LogP contribution in [0.15, 0.2) is 41.8 Å². The summed E-state index contributed by atoms with van der Waals surface area (Å²) < 4.78 is 31.9. The van der Waals surface area contributed by atoms with Crippen molar-refractivity contribution in [3.8, 4) is 0 Å². The van der Waals surface area contributed by atoms with Crippen molar-refractivity contribution in [2.45, 2.75) is 37.2 Å². The molecule has 0 aromatic heterocycles. The topological polar surface area (TPSA) is 122 Å². The Hall–Kier alpha value is -2.23. The lowest BCUT2D eigenvalue weighted by Gasteiger charge is -2.15. The molecule has 8 nitrogen and oxygen atoms in total. The lowest BCUT2D eigenvalue weighted by atomic mass is 10.2. The van der Waals surface area contributed by atoms with E-state index in [2.05, 4.69) is 16.6 Å². The summed E-state index contributed by atoms with van der Waals surface area (Å²) in [5.41, 5.74) is 0.141. The lowest BCUT2D eigenvalue weighted by Crippen LogP contribution is -2.44. The van der Waals surface area contributed by atoms with E-state index in [1.54, 1.807) is 6.92 Å². The highest BCUT2D eigenvalue weighted by Gasteiger charge is 2.22. The van der Waals surface area contributed by atoms with Crippen molar-refractivity contribution in [3.05, 3.63) is 42.5 Å². The van der Waals surface area contributed by atoms with Gasteiger partial charge in [0.15, 0.2) is 6.04 Å². The van der Waals surface area contributed by atoms with Crippen LogP contribution in [-0.4, -0.2) is 50.7 Å². The average molecular weight is 384 g/mol. The minimum absolute atomic E-state index is 0.0263. The highest BCUT2D eigenvalue weighted by molar-refractivity contribution is 7.89. The van der Waals surface area contributed by atoms with E-state index in [9.17, 15) is 18.0 Å². The van der Waals surface area contributed by atoms with Crippen LogP contribution in [0.4, 0.5) is 0 Å². The zero-order valence-electron chi connectivity index (χ0n) is 14.8. The molecule has 3 N–H and O–H groups in total. The maximum absolute atomic E-state index is 12.2. The Morgan fingerprint density at radius 1 is 1.31 bits per heavy atom. The van der Waals surface area contributed by atoms with Gasteiger partial charge in [0.25, 0.3) is 5.91 Å². The van der Waals surface area contributed by atoms with Crippen LogP contribution in [0.25, 0.3) is 0 Å². The van der Waals surface area contributed by atoms with Gasteiger partial charge in [0.2, 0.25) is 10.0 Å². The smallest absolute Gasteiger partial charge is 0.328 e. The van der Waals surface area contributed by atoms with Crippen LogP contribution < -0.4 is 10.0 Å². The molecule has 0 saturated carbocycles. The van der Waals surface area contributed by atoms with E-state index in [-0.39, 0.29) is 29.7 Å². The summed E-state index contributed by atoms with van der Waals surface area (Å²) in [6.45, 7) is 7.01. The Kier molecular flexibility index (Phi) is 8.43. The molecule has 26 heavy (non-hydrogen) atoms. The minimum atomic E-state index is -3.67. The van der Waals surface area contributed by atoms with Crippen LogP contribution in [0.1, 0.15) is 30.6 Å². The number of aliphatic carboxylic acids is 1. The quantitative estimate of drug-likeness (QED) is 0.389. The zero-order chi connectivity index (χ0) is 19.7. The molecule has 2 unspecified atom stereocenters. The zero-order valence-corrected chi connectivity index (χ0v) is 15.6. The fourth-order valence-electron chi connectivity index (χ4n) is 1.89. The monoisotopic (exact) mass is 384 g/mol. The Morgan fingerprint density at radius 3 is 2.42 bits per heavy atom. The van der Waals surface area contributed by atoms with Crippen molar-refractivity contribution < 1.29 is 27.9 Å². The number of carboxylic acid groups (broad SMARTS) is 1. The molecule has 0 bridgehead atoms. The second kappa shape index (κ2) is 10.0. The second-order valence-electron chi connectivity index (χ2n) is 5.65. The fraction of sp³-hybridized carbons (Fsp3) is 0.412. The minimum Gasteiger partial charge on any atom is -0.480 e. The number of carbonyl (C=O) groups excluding carboxylic acids is 1. The molecule has 1 aromatic rings. The van der Waals surface area contributed by atoms with Gasteiger partial charge in [0.05, 0.1) is 18.1 Å². The van der Waals surface area contributed by atoms with E-state index in [0.717, 1.165) is 0 Å². The van der Waals surface area contributed by atoms with Crippen molar-refractivity contribution >= 4 is 21.9 Å². The number of carboxylic acids is 1. The van der Waals surface area contributed by atoms with Crippen LogP contribution >= 0.6 is 0 Å². The number of amides is 1. The summed E-state index contributed by atoms with van der Waals surface area (Å²) in [7, 11) is -3.67. The van der Waals surface area contributed by atoms with Crippen LogP contribution in [0, 0.1) is 0 Å². The summed E-state index contributed by atoms with van der Waals surface area (Å²) in [5, 5.41) is 11.4. The number of hydrogen-bond acceptors (Lipinski definition) is 5. The van der Waals surface area contributed by atoms with Crippen LogP contribution in [0.2, 0.25) is 0 Å². The van der Waals surface area contributed by atoms with Crippen LogP contribution in [0.3, 0.4) is 0 Å². The maximum Gasteiger partial charge on any atom is 0.328 e. The first kappa shape index (κ1) is 21.8. The molecule has 0 saturated heterocycles. The van der Waals surface area contributed by atoms with E-state index in [0.29, 0.717) is 6.42 Å². The number of nitrogens with one attached hydrogen (secondary N) is 2. The number of benzene rings is 1. The molecule has 1 amide bonds. The fourth-order valence-corrected chi connectivity index (χ4v) is 3.21. The second-order valence-corrected chi connectivity index (χ2v) is 7.36. The molecule has 1 aromatic carbocycles. The predicted octanol–water partition coefficient (Wildman–Crippen LogP) is 1.15. The van der Waals surface area contributed by atoms with E-state index < -0.39 is 27.9 Å². The van der Waals surface area contributed by atoms with Crippen molar-refractivity contribution in [3.63, 3.8) is 0 Å². The van der Waals surface area contributed by atoms with Gasteiger partial charge >= 0.3 is 5.97 Å². The third kappa shape index (κ3) is 6.58. The molecule has 144 valence electrons. The molecule has 0 aliphatic rings. The van der Waals surface area contributed by atoms with Crippen LogP contribution in [0.5, 0.6) is 0 Å². The number of carbonyl (C=O) groups is 2. The largest absolute Gasteiger partial charge is 0.480 e. The van der Waals surface area contributed by atoms with E-state index in [1.807, 2.05) is 6.92 Å². The molecule has 9 heteroatoms. The predicted molar refractivity (Wildman–Crippen MR) is 96.4 cm³/mol. The van der Waals surface area contributed by atoms with Gasteiger partial charge in [0.1, 0.15) is 0 Å². The standard InChI is InChI=1S/C17H24N2O6S/c1-4-10-25-11-15(17(21)22)18-16(20)13-6-8-14(9-7-13)26(23,24)19-12(3)5-2/h4,6-9,12,15,19H,1,5,10-11H2,2-3H3,(H,18,20)(H,21,22). The summed E-state index contributed by atoms with van der Waals surface area (Å²) in [6, 6.07) is 3.80. The average Bonchev–Trinajstić information content (AvgIpc) is 2.60. The first-order valence-corrected chi connectivity index (χ1v) is 9.54. The third-order valence-corrected chi connectivity index (χ3v) is 5.12. The molecule has 1 rings (SSSR count). The van der Waals surface area contributed by atoms with Gasteiger partial charge in [-0.1, -0.05) is 13.0 Å². The molecule has 2 atom stereocenters. The van der Waals surface area contributed by atoms with Crippen molar-refractivity contribution in [1.82, 2.24) is 10.0 Å². The number of rotatable bonds is 11. The maximum atomic E-state index is 12.2. The van der Waals surface area contributed by atoms with Crippen molar-refractivity contribution in [1.29, 1.82) is 0 Å². The number of hydrogen-bond donors (Lipinski definition) is 3. The van der Waals surface area contributed by atoms with Crippen LogP contribution in [-0.2, 0) is 19.6 Å². The third-order valence-electron chi connectivity index (χ3n) is 3.52. The number of sulfonamides is 1. The summed E-state index contributed by atoms with van der Waals surface area (Å²) in [5.74, 6) is -1.88. The summed E-state index contributed by atoms with van der Waals surface area (Å²) in [6.07, 6.45) is 2.11. The van der Waals surface area contributed by atoms with E-state index >= 15 is 0 Å². The molecule has 0 fully saturated rings. The van der Waals surface area contributed by atoms with Gasteiger partial charge in [-0.25, -0.2) is 17.9 Å². The molecule has 0 spiro atoms. The molecule has 0 aliphatic carbocycles. The van der Waals surface area contributed by atoms with Gasteiger partial charge in [-0.05, 0) is 37.6 Å². The first-order valence-electron chi connectivity index (χ1n) is 8.06. The van der Waals surface area contributed by atoms with Gasteiger partial charge in [-0.2, -0.15) is 0 Å². The Balaban J connectivity index is 2.82. The Morgan fingerprint density at radius 2 is 1.92 bits per heavy atom. The molecule has 0 aliphatic heterocycles.